The van der Waals surface area contributed by atoms with E-state index in [4.69, 9.17) is 0 Å². The van der Waals surface area contributed by atoms with Crippen LogP contribution < -0.4 is 10.8 Å². The molecule has 0 spiro atoms. The summed E-state index contributed by atoms with van der Waals surface area (Å²) in [7, 11) is -1.46. The fraction of sp³-hybridized carbons (Fsp3) is 0.111. The molecule has 0 unspecified atom stereocenters. The molecule has 152 valence electrons. The first kappa shape index (κ1) is 19.6. The molecule has 4 aromatic carbocycles. The van der Waals surface area contributed by atoms with E-state index in [0.717, 1.165) is 16.9 Å². The molecule has 0 aromatic heterocycles. The molecule has 31 heavy (non-hydrogen) atoms. The molecular formula is C27H24BNO2. The molecule has 3 N–H and O–H groups in total. The maximum Gasteiger partial charge on any atom is 0.488 e. The summed E-state index contributed by atoms with van der Waals surface area (Å²) >= 11 is 0. The molecule has 1 aliphatic rings. The molecule has 5 rings (SSSR count). The van der Waals surface area contributed by atoms with E-state index < -0.39 is 7.12 Å². The summed E-state index contributed by atoms with van der Waals surface area (Å²) in [5.41, 5.74) is 10.00. The molecule has 0 heterocycles. The summed E-state index contributed by atoms with van der Waals surface area (Å²) in [6.07, 6.45) is 0. The van der Waals surface area contributed by atoms with Crippen molar-refractivity contribution in [2.75, 3.05) is 5.32 Å². The summed E-state index contributed by atoms with van der Waals surface area (Å²) in [6, 6.07) is 30.8. The highest BCUT2D eigenvalue weighted by Crippen LogP contribution is 2.49. The SMILES string of the molecule is CC1(C)c2ccccc2-c2ccc(-c3ccccc3Nc3ccc(B(O)O)cc3)cc21. The lowest BCUT2D eigenvalue weighted by Crippen LogP contribution is -2.29. The first-order valence-electron chi connectivity index (χ1n) is 10.5. The van der Waals surface area contributed by atoms with Crippen LogP contribution in [0.1, 0.15) is 25.0 Å². The average molecular weight is 405 g/mol. The number of para-hydroxylation sites is 1. The smallest absolute Gasteiger partial charge is 0.423 e. The highest BCUT2D eigenvalue weighted by Gasteiger charge is 2.35. The molecule has 0 bridgehead atoms. The van der Waals surface area contributed by atoms with Crippen LogP contribution in [0.4, 0.5) is 11.4 Å². The van der Waals surface area contributed by atoms with Gasteiger partial charge in [0, 0.05) is 22.4 Å². The number of rotatable bonds is 4. The number of fused-ring (bicyclic) bond motifs is 3. The van der Waals surface area contributed by atoms with Crippen molar-refractivity contribution in [3.8, 4) is 22.3 Å². The predicted octanol–water partition coefficient (Wildman–Crippen LogP) is 5.08. The molecular weight excluding hydrogens is 381 g/mol. The zero-order valence-corrected chi connectivity index (χ0v) is 17.6. The zero-order valence-electron chi connectivity index (χ0n) is 17.6. The van der Waals surface area contributed by atoms with Crippen molar-refractivity contribution in [2.24, 2.45) is 0 Å². The van der Waals surface area contributed by atoms with Gasteiger partial charge in [-0.2, -0.15) is 0 Å². The second-order valence-corrected chi connectivity index (χ2v) is 8.60. The molecule has 0 saturated heterocycles. The standard InChI is InChI=1S/C27H24BNO2/c1-27(2)24-9-5-3-8-22(24)23-16-11-18(17-25(23)27)21-7-4-6-10-26(21)29-20-14-12-19(13-15-20)28(30)31/h3-17,29-31H,1-2H3. The number of benzene rings is 4. The van der Waals surface area contributed by atoms with E-state index in [0.29, 0.717) is 5.46 Å². The number of hydrogen-bond acceptors (Lipinski definition) is 3. The third-order valence-electron chi connectivity index (χ3n) is 6.31. The van der Waals surface area contributed by atoms with Gasteiger partial charge in [0.05, 0.1) is 0 Å². The number of nitrogens with one attached hydrogen (secondary N) is 1. The largest absolute Gasteiger partial charge is 0.488 e. The van der Waals surface area contributed by atoms with E-state index in [1.54, 1.807) is 12.1 Å². The van der Waals surface area contributed by atoms with Gasteiger partial charge in [-0.1, -0.05) is 80.6 Å². The highest BCUT2D eigenvalue weighted by molar-refractivity contribution is 6.58. The second-order valence-electron chi connectivity index (χ2n) is 8.60. The third kappa shape index (κ3) is 3.34. The van der Waals surface area contributed by atoms with Crippen molar-refractivity contribution in [1.82, 2.24) is 0 Å². The van der Waals surface area contributed by atoms with E-state index in [1.165, 1.54) is 27.8 Å². The first-order valence-corrected chi connectivity index (χ1v) is 10.5. The summed E-state index contributed by atoms with van der Waals surface area (Å²) in [6.45, 7) is 4.59. The fourth-order valence-corrected chi connectivity index (χ4v) is 4.61. The van der Waals surface area contributed by atoms with Gasteiger partial charge in [-0.05, 0) is 57.5 Å². The van der Waals surface area contributed by atoms with Crippen LogP contribution in [0.5, 0.6) is 0 Å². The van der Waals surface area contributed by atoms with E-state index >= 15 is 0 Å². The van der Waals surface area contributed by atoms with Crippen LogP contribution in [-0.4, -0.2) is 17.2 Å². The Morgan fingerprint density at radius 2 is 1.32 bits per heavy atom. The quantitative estimate of drug-likeness (QED) is 0.415. The van der Waals surface area contributed by atoms with Gasteiger partial charge in [-0.25, -0.2) is 0 Å². The van der Waals surface area contributed by atoms with Gasteiger partial charge in [-0.15, -0.1) is 0 Å². The Balaban J connectivity index is 1.54. The van der Waals surface area contributed by atoms with Gasteiger partial charge in [0.15, 0.2) is 0 Å². The molecule has 0 saturated carbocycles. The first-order chi connectivity index (χ1) is 14.9. The van der Waals surface area contributed by atoms with Crippen molar-refractivity contribution in [3.63, 3.8) is 0 Å². The lowest BCUT2D eigenvalue weighted by molar-refractivity contribution is 0.426. The van der Waals surface area contributed by atoms with Crippen LogP contribution in [0.3, 0.4) is 0 Å². The van der Waals surface area contributed by atoms with Gasteiger partial charge in [0.1, 0.15) is 0 Å². The molecule has 4 aromatic rings. The number of anilines is 2. The maximum atomic E-state index is 9.32. The molecule has 1 aliphatic carbocycles. The van der Waals surface area contributed by atoms with Gasteiger partial charge in [0.25, 0.3) is 0 Å². The minimum absolute atomic E-state index is 0.0364. The molecule has 0 aliphatic heterocycles. The lowest BCUT2D eigenvalue weighted by atomic mass is 9.80. The third-order valence-corrected chi connectivity index (χ3v) is 6.31. The van der Waals surface area contributed by atoms with E-state index in [-0.39, 0.29) is 5.41 Å². The van der Waals surface area contributed by atoms with E-state index in [9.17, 15) is 10.0 Å². The van der Waals surface area contributed by atoms with Crippen LogP contribution in [0.15, 0.2) is 91.0 Å². The zero-order chi connectivity index (χ0) is 21.6. The summed E-state index contributed by atoms with van der Waals surface area (Å²) < 4.78 is 0. The van der Waals surface area contributed by atoms with Gasteiger partial charge in [-0.3, -0.25) is 0 Å². The Bertz CT molecular complexity index is 1260. The van der Waals surface area contributed by atoms with Crippen LogP contribution in [0, 0.1) is 0 Å². The van der Waals surface area contributed by atoms with Gasteiger partial charge < -0.3 is 15.4 Å². The predicted molar refractivity (Wildman–Crippen MR) is 129 cm³/mol. The summed E-state index contributed by atoms with van der Waals surface area (Å²) in [5.74, 6) is 0. The van der Waals surface area contributed by atoms with Gasteiger partial charge in [0.2, 0.25) is 0 Å². The average Bonchev–Trinajstić information content (AvgIpc) is 3.01. The summed E-state index contributed by atoms with van der Waals surface area (Å²) in [5, 5.41) is 22.1. The topological polar surface area (TPSA) is 52.5 Å². The van der Waals surface area contributed by atoms with Crippen LogP contribution in [0.2, 0.25) is 0 Å². The minimum atomic E-state index is -1.46. The Kier molecular flexibility index (Phi) is 4.69. The molecule has 3 nitrogen and oxygen atoms in total. The minimum Gasteiger partial charge on any atom is -0.423 e. The van der Waals surface area contributed by atoms with Crippen LogP contribution in [-0.2, 0) is 5.41 Å². The van der Waals surface area contributed by atoms with Crippen molar-refractivity contribution in [2.45, 2.75) is 19.3 Å². The molecule has 0 radical (unpaired) electrons. The molecule has 0 atom stereocenters. The summed E-state index contributed by atoms with van der Waals surface area (Å²) in [4.78, 5) is 0. The van der Waals surface area contributed by atoms with Crippen molar-refractivity contribution < 1.29 is 10.0 Å². The Morgan fingerprint density at radius 1 is 0.677 bits per heavy atom. The molecule has 0 amide bonds. The fourth-order valence-electron chi connectivity index (χ4n) is 4.61. The van der Waals surface area contributed by atoms with E-state index in [1.807, 2.05) is 18.2 Å². The Morgan fingerprint density at radius 3 is 2.06 bits per heavy atom. The maximum absolute atomic E-state index is 9.32. The Labute approximate surface area is 183 Å². The Hall–Kier alpha value is -3.34. The van der Waals surface area contributed by atoms with Gasteiger partial charge >= 0.3 is 7.12 Å². The van der Waals surface area contributed by atoms with Crippen LogP contribution >= 0.6 is 0 Å². The normalized spacial score (nSPS) is 13.4. The van der Waals surface area contributed by atoms with E-state index in [2.05, 4.69) is 79.8 Å². The monoisotopic (exact) mass is 405 g/mol. The lowest BCUT2D eigenvalue weighted by Gasteiger charge is -2.22. The molecule has 0 fully saturated rings. The number of hydrogen-bond donors (Lipinski definition) is 3. The van der Waals surface area contributed by atoms with Crippen molar-refractivity contribution >= 4 is 24.0 Å². The second kappa shape index (κ2) is 7.42. The van der Waals surface area contributed by atoms with Crippen LogP contribution in [0.25, 0.3) is 22.3 Å². The van der Waals surface area contributed by atoms with Crippen molar-refractivity contribution in [3.05, 3.63) is 102 Å². The molecule has 4 heteroatoms. The van der Waals surface area contributed by atoms with Crippen molar-refractivity contribution in [1.29, 1.82) is 0 Å². The highest BCUT2D eigenvalue weighted by atomic mass is 16.4.